The van der Waals surface area contributed by atoms with Crippen molar-refractivity contribution in [3.05, 3.63) is 48.3 Å². The second-order valence-corrected chi connectivity index (χ2v) is 8.84. The van der Waals surface area contributed by atoms with Crippen LogP contribution in [0.4, 0.5) is 5.82 Å². The number of rotatable bonds is 8. The minimum Gasteiger partial charge on any atom is -0.383 e. The average molecular weight is 448 g/mol. The van der Waals surface area contributed by atoms with Crippen molar-refractivity contribution >= 4 is 22.8 Å². The third-order valence-electron chi connectivity index (χ3n) is 6.26. The summed E-state index contributed by atoms with van der Waals surface area (Å²) in [5.74, 6) is 0.500. The number of benzene rings is 1. The Morgan fingerprint density at radius 3 is 2.42 bits per heavy atom. The molecule has 1 aromatic carbocycles. The Morgan fingerprint density at radius 1 is 1.03 bits per heavy atom. The van der Waals surface area contributed by atoms with Gasteiger partial charge in [-0.2, -0.15) is 5.10 Å². The maximum absolute atomic E-state index is 11.7. The number of hydrogen-bond acceptors (Lipinski definition) is 6. The van der Waals surface area contributed by atoms with Crippen LogP contribution in [-0.2, 0) is 11.3 Å². The molecule has 1 aliphatic rings. The van der Waals surface area contributed by atoms with Crippen molar-refractivity contribution in [1.29, 1.82) is 0 Å². The van der Waals surface area contributed by atoms with Gasteiger partial charge >= 0.3 is 0 Å². The highest BCUT2D eigenvalue weighted by Crippen LogP contribution is 2.31. The van der Waals surface area contributed by atoms with E-state index >= 15 is 0 Å². The quantitative estimate of drug-likeness (QED) is 0.421. The number of aryl methyl sites for hydroxylation is 3. The standard InChI is InChI=1S/C25H33N7O/c1-4-21(33)31-12-10-30(11-13-31)8-6-5-7-9-32-25-22(24(26)27-17-28-25)23(29-32)20-15-18(2)14-19(3)16-20/h4,14-17H,1,5-13H2,2-3H3,(H2,26,27,28). The van der Waals surface area contributed by atoms with Gasteiger partial charge in [-0.3, -0.25) is 9.69 Å². The fourth-order valence-electron chi connectivity index (χ4n) is 4.59. The molecule has 0 atom stereocenters. The zero-order valence-electron chi connectivity index (χ0n) is 19.6. The summed E-state index contributed by atoms with van der Waals surface area (Å²) in [7, 11) is 0. The van der Waals surface area contributed by atoms with Gasteiger partial charge in [0.25, 0.3) is 0 Å². The van der Waals surface area contributed by atoms with Crippen LogP contribution in [0.25, 0.3) is 22.3 Å². The third kappa shape index (κ3) is 5.22. The first-order chi connectivity index (χ1) is 16.0. The van der Waals surface area contributed by atoms with Gasteiger partial charge in [0.1, 0.15) is 17.8 Å². The number of carbonyl (C=O) groups excluding carboxylic acids is 1. The van der Waals surface area contributed by atoms with Crippen molar-refractivity contribution in [2.24, 2.45) is 0 Å². The summed E-state index contributed by atoms with van der Waals surface area (Å²) in [6.45, 7) is 13.0. The minimum absolute atomic E-state index is 0.0331. The monoisotopic (exact) mass is 447 g/mol. The molecule has 2 N–H and O–H groups in total. The lowest BCUT2D eigenvalue weighted by Crippen LogP contribution is -2.48. The number of nitrogens with zero attached hydrogens (tertiary/aromatic N) is 6. The van der Waals surface area contributed by atoms with Crippen LogP contribution >= 0.6 is 0 Å². The van der Waals surface area contributed by atoms with Crippen LogP contribution in [0.15, 0.2) is 37.2 Å². The van der Waals surface area contributed by atoms with E-state index in [9.17, 15) is 4.79 Å². The van der Waals surface area contributed by atoms with E-state index in [0.717, 1.165) is 80.8 Å². The van der Waals surface area contributed by atoms with E-state index in [1.54, 1.807) is 0 Å². The molecule has 0 spiro atoms. The first-order valence-corrected chi connectivity index (χ1v) is 11.7. The van der Waals surface area contributed by atoms with Crippen LogP contribution in [0.5, 0.6) is 0 Å². The van der Waals surface area contributed by atoms with Crippen molar-refractivity contribution in [1.82, 2.24) is 29.5 Å². The summed E-state index contributed by atoms with van der Waals surface area (Å²) in [6, 6.07) is 6.42. The molecule has 2 aromatic heterocycles. The van der Waals surface area contributed by atoms with Crippen LogP contribution < -0.4 is 5.73 Å². The van der Waals surface area contributed by atoms with E-state index in [2.05, 4.69) is 53.5 Å². The zero-order valence-corrected chi connectivity index (χ0v) is 19.6. The highest BCUT2D eigenvalue weighted by molar-refractivity contribution is 5.98. The minimum atomic E-state index is 0.0331. The third-order valence-corrected chi connectivity index (χ3v) is 6.26. The van der Waals surface area contributed by atoms with E-state index < -0.39 is 0 Å². The molecule has 0 saturated carbocycles. The molecule has 4 rings (SSSR count). The van der Waals surface area contributed by atoms with E-state index in [1.807, 2.05) is 9.58 Å². The molecule has 1 saturated heterocycles. The molecule has 1 aliphatic heterocycles. The Labute approximate surface area is 195 Å². The number of unbranched alkanes of at least 4 members (excludes halogenated alkanes) is 2. The molecule has 3 aromatic rings. The lowest BCUT2D eigenvalue weighted by atomic mass is 10.0. The largest absolute Gasteiger partial charge is 0.383 e. The van der Waals surface area contributed by atoms with Gasteiger partial charge < -0.3 is 10.6 Å². The first kappa shape index (κ1) is 22.9. The molecule has 0 aliphatic carbocycles. The number of hydrogen-bond donors (Lipinski definition) is 1. The highest BCUT2D eigenvalue weighted by atomic mass is 16.2. The van der Waals surface area contributed by atoms with Crippen molar-refractivity contribution < 1.29 is 4.79 Å². The Hall–Kier alpha value is -3.26. The Bertz CT molecular complexity index is 1120. The Morgan fingerprint density at radius 2 is 1.73 bits per heavy atom. The van der Waals surface area contributed by atoms with Gasteiger partial charge in [-0.25, -0.2) is 14.6 Å². The molecule has 3 heterocycles. The Kier molecular flexibility index (Phi) is 7.03. The maximum atomic E-state index is 11.7. The predicted octanol–water partition coefficient (Wildman–Crippen LogP) is 3.19. The molecule has 0 unspecified atom stereocenters. The molecule has 8 heteroatoms. The summed E-state index contributed by atoms with van der Waals surface area (Å²) in [5.41, 5.74) is 11.3. The summed E-state index contributed by atoms with van der Waals surface area (Å²) < 4.78 is 1.97. The zero-order chi connectivity index (χ0) is 23.4. The van der Waals surface area contributed by atoms with Crippen LogP contribution in [0.2, 0.25) is 0 Å². The van der Waals surface area contributed by atoms with Gasteiger partial charge in [0.2, 0.25) is 5.91 Å². The molecule has 1 amide bonds. The number of nitrogen functional groups attached to an aromatic ring is 1. The number of aromatic nitrogens is 4. The molecule has 1 fully saturated rings. The number of nitrogens with two attached hydrogens (primary N) is 1. The van der Waals surface area contributed by atoms with Crippen LogP contribution in [0.3, 0.4) is 0 Å². The summed E-state index contributed by atoms with van der Waals surface area (Å²) >= 11 is 0. The molecule has 33 heavy (non-hydrogen) atoms. The van der Waals surface area contributed by atoms with Gasteiger partial charge in [0.15, 0.2) is 5.65 Å². The maximum Gasteiger partial charge on any atom is 0.246 e. The van der Waals surface area contributed by atoms with Crippen LogP contribution in [-0.4, -0.2) is 68.2 Å². The number of carbonyl (C=O) groups is 1. The predicted molar refractivity (Wildman–Crippen MR) is 132 cm³/mol. The van der Waals surface area contributed by atoms with Crippen molar-refractivity contribution in [2.45, 2.75) is 39.7 Å². The van der Waals surface area contributed by atoms with Gasteiger partial charge in [0.05, 0.1) is 5.39 Å². The number of piperazine rings is 1. The van der Waals surface area contributed by atoms with Crippen molar-refractivity contribution in [3.8, 4) is 11.3 Å². The lowest BCUT2D eigenvalue weighted by Gasteiger charge is -2.34. The van der Waals surface area contributed by atoms with Crippen LogP contribution in [0.1, 0.15) is 30.4 Å². The SMILES string of the molecule is C=CC(=O)N1CCN(CCCCCn2nc(-c3cc(C)cc(C)c3)c3c(N)ncnc32)CC1. The van der Waals surface area contributed by atoms with Crippen LogP contribution in [0, 0.1) is 13.8 Å². The van der Waals surface area contributed by atoms with Gasteiger partial charge in [0, 0.05) is 38.3 Å². The van der Waals surface area contributed by atoms with Crippen molar-refractivity contribution in [2.75, 3.05) is 38.5 Å². The summed E-state index contributed by atoms with van der Waals surface area (Å²) in [6.07, 6.45) is 6.15. The fraction of sp³-hybridized carbons (Fsp3) is 0.440. The lowest BCUT2D eigenvalue weighted by molar-refractivity contribution is -0.127. The highest BCUT2D eigenvalue weighted by Gasteiger charge is 2.19. The average Bonchev–Trinajstić information content (AvgIpc) is 3.18. The molecule has 0 radical (unpaired) electrons. The number of fused-ring (bicyclic) bond motifs is 1. The van der Waals surface area contributed by atoms with Crippen molar-refractivity contribution in [3.63, 3.8) is 0 Å². The Balaban J connectivity index is 1.36. The number of anilines is 1. The van der Waals surface area contributed by atoms with E-state index in [4.69, 9.17) is 10.8 Å². The molecule has 8 nitrogen and oxygen atoms in total. The molecule has 174 valence electrons. The molecule has 0 bridgehead atoms. The first-order valence-electron chi connectivity index (χ1n) is 11.7. The normalized spacial score (nSPS) is 14.7. The smallest absolute Gasteiger partial charge is 0.246 e. The summed E-state index contributed by atoms with van der Waals surface area (Å²) in [5, 5.41) is 5.73. The van der Waals surface area contributed by atoms with E-state index in [1.165, 1.54) is 23.5 Å². The molecular weight excluding hydrogens is 414 g/mol. The van der Waals surface area contributed by atoms with E-state index in [0.29, 0.717) is 5.82 Å². The number of amides is 1. The second-order valence-electron chi connectivity index (χ2n) is 8.84. The van der Waals surface area contributed by atoms with Gasteiger partial charge in [-0.1, -0.05) is 30.2 Å². The van der Waals surface area contributed by atoms with E-state index in [-0.39, 0.29) is 5.91 Å². The summed E-state index contributed by atoms with van der Waals surface area (Å²) in [4.78, 5) is 24.7. The fourth-order valence-corrected chi connectivity index (χ4v) is 4.59. The van der Waals surface area contributed by atoms with Gasteiger partial charge in [-0.05, 0) is 51.4 Å². The molecular formula is C25H33N7O. The van der Waals surface area contributed by atoms with Gasteiger partial charge in [-0.15, -0.1) is 0 Å². The second kappa shape index (κ2) is 10.1. The topological polar surface area (TPSA) is 93.2 Å².